The molecule has 0 unspecified atom stereocenters. The third-order valence-corrected chi connectivity index (χ3v) is 2.65. The summed E-state index contributed by atoms with van der Waals surface area (Å²) >= 11 is 5.66. The van der Waals surface area contributed by atoms with Crippen LogP contribution in [0, 0.1) is 12.7 Å². The molecule has 17 heavy (non-hydrogen) atoms. The molecule has 1 aromatic carbocycles. The van der Waals surface area contributed by atoms with Gasteiger partial charge < -0.3 is 0 Å². The summed E-state index contributed by atoms with van der Waals surface area (Å²) in [4.78, 5) is 15.7. The summed E-state index contributed by atoms with van der Waals surface area (Å²) in [6.45, 7) is 1.82. The molecule has 0 bridgehead atoms. The third-order valence-electron chi connectivity index (χ3n) is 2.45. The van der Waals surface area contributed by atoms with E-state index in [9.17, 15) is 9.18 Å². The van der Waals surface area contributed by atoms with Crippen molar-refractivity contribution in [3.8, 4) is 0 Å². The van der Waals surface area contributed by atoms with Crippen molar-refractivity contribution in [2.45, 2.75) is 13.5 Å². The zero-order chi connectivity index (χ0) is 12.4. The lowest BCUT2D eigenvalue weighted by atomic mass is 10.2. The van der Waals surface area contributed by atoms with E-state index in [1.807, 2.05) is 0 Å². The van der Waals surface area contributed by atoms with E-state index in [-0.39, 0.29) is 23.1 Å². The molecular formula is C12H10ClFN2O. The largest absolute Gasteiger partial charge is 0.292 e. The zero-order valence-corrected chi connectivity index (χ0v) is 9.91. The van der Waals surface area contributed by atoms with Gasteiger partial charge >= 0.3 is 0 Å². The van der Waals surface area contributed by atoms with Crippen molar-refractivity contribution in [1.82, 2.24) is 9.55 Å². The van der Waals surface area contributed by atoms with Gasteiger partial charge in [-0.25, -0.2) is 9.37 Å². The number of aryl methyl sites for hydroxylation is 1. The number of halogens is 2. The van der Waals surface area contributed by atoms with Gasteiger partial charge in [-0.3, -0.25) is 9.36 Å². The van der Waals surface area contributed by atoms with E-state index in [2.05, 4.69) is 4.98 Å². The molecule has 0 saturated heterocycles. The Morgan fingerprint density at radius 2 is 2.12 bits per heavy atom. The molecule has 0 saturated carbocycles. The SMILES string of the molecule is Cc1nc(Cl)cc(=O)n1Cc1ccccc1F. The van der Waals surface area contributed by atoms with Gasteiger partial charge in [-0.05, 0) is 13.0 Å². The maximum Gasteiger partial charge on any atom is 0.255 e. The van der Waals surface area contributed by atoms with Gasteiger partial charge in [-0.1, -0.05) is 29.8 Å². The summed E-state index contributed by atoms with van der Waals surface area (Å²) in [5.41, 5.74) is 0.160. The molecule has 0 N–H and O–H groups in total. The number of nitrogens with zero attached hydrogens (tertiary/aromatic N) is 2. The van der Waals surface area contributed by atoms with E-state index in [0.29, 0.717) is 11.4 Å². The molecule has 0 amide bonds. The maximum atomic E-state index is 13.5. The molecule has 0 fully saturated rings. The summed E-state index contributed by atoms with van der Waals surface area (Å²) in [5, 5.41) is 0.150. The van der Waals surface area contributed by atoms with Crippen LogP contribution in [0.25, 0.3) is 0 Å². The minimum absolute atomic E-state index is 0.150. The van der Waals surface area contributed by atoms with Crippen molar-refractivity contribution in [2.24, 2.45) is 0 Å². The van der Waals surface area contributed by atoms with Crippen LogP contribution in [0.2, 0.25) is 5.15 Å². The van der Waals surface area contributed by atoms with Crippen LogP contribution in [0.5, 0.6) is 0 Å². The zero-order valence-electron chi connectivity index (χ0n) is 9.15. The third kappa shape index (κ3) is 2.53. The van der Waals surface area contributed by atoms with Crippen molar-refractivity contribution in [3.05, 3.63) is 63.0 Å². The first-order chi connectivity index (χ1) is 8.08. The van der Waals surface area contributed by atoms with Crippen molar-refractivity contribution in [1.29, 1.82) is 0 Å². The van der Waals surface area contributed by atoms with Gasteiger partial charge in [-0.2, -0.15) is 0 Å². The Morgan fingerprint density at radius 3 is 2.76 bits per heavy atom. The Kier molecular flexibility index (Phi) is 3.24. The number of aromatic nitrogens is 2. The minimum atomic E-state index is -0.339. The highest BCUT2D eigenvalue weighted by Gasteiger charge is 2.07. The molecule has 0 aliphatic heterocycles. The van der Waals surface area contributed by atoms with E-state index in [1.165, 1.54) is 16.7 Å². The van der Waals surface area contributed by atoms with Crippen molar-refractivity contribution in [2.75, 3.05) is 0 Å². The highest BCUT2D eigenvalue weighted by Crippen LogP contribution is 2.09. The van der Waals surface area contributed by atoms with Crippen LogP contribution < -0.4 is 5.56 Å². The Bertz CT molecular complexity index is 610. The molecule has 2 aromatic rings. The summed E-state index contributed by atoms with van der Waals surface area (Å²) in [6.07, 6.45) is 0. The number of hydrogen-bond donors (Lipinski definition) is 0. The van der Waals surface area contributed by atoms with Crippen LogP contribution in [0.1, 0.15) is 11.4 Å². The first-order valence-electron chi connectivity index (χ1n) is 5.05. The number of rotatable bonds is 2. The molecule has 88 valence electrons. The first-order valence-corrected chi connectivity index (χ1v) is 5.43. The molecule has 5 heteroatoms. The molecule has 0 aliphatic rings. The predicted octanol–water partition coefficient (Wildman–Crippen LogP) is 2.39. The van der Waals surface area contributed by atoms with Crippen LogP contribution in [0.4, 0.5) is 4.39 Å². The molecule has 0 spiro atoms. The van der Waals surface area contributed by atoms with E-state index in [1.54, 1.807) is 25.1 Å². The monoisotopic (exact) mass is 252 g/mol. The summed E-state index contributed by atoms with van der Waals surface area (Å²) in [5.74, 6) is 0.125. The Balaban J connectivity index is 2.44. The smallest absolute Gasteiger partial charge is 0.255 e. The normalized spacial score (nSPS) is 10.5. The Labute approximate surface area is 102 Å². The number of benzene rings is 1. The van der Waals surface area contributed by atoms with Crippen LogP contribution >= 0.6 is 11.6 Å². The summed E-state index contributed by atoms with van der Waals surface area (Å²) < 4.78 is 14.8. The summed E-state index contributed by atoms with van der Waals surface area (Å²) in [6, 6.07) is 7.54. The summed E-state index contributed by atoms with van der Waals surface area (Å²) in [7, 11) is 0. The van der Waals surface area contributed by atoms with E-state index in [4.69, 9.17) is 11.6 Å². The lowest BCUT2D eigenvalue weighted by Gasteiger charge is -2.09. The fourth-order valence-corrected chi connectivity index (χ4v) is 1.79. The van der Waals surface area contributed by atoms with Crippen LogP contribution in [-0.4, -0.2) is 9.55 Å². The second-order valence-electron chi connectivity index (χ2n) is 3.64. The van der Waals surface area contributed by atoms with Crippen molar-refractivity contribution >= 4 is 11.6 Å². The highest BCUT2D eigenvalue weighted by atomic mass is 35.5. The quantitative estimate of drug-likeness (QED) is 0.770. The lowest BCUT2D eigenvalue weighted by molar-refractivity contribution is 0.589. The van der Waals surface area contributed by atoms with Crippen LogP contribution in [-0.2, 0) is 6.54 Å². The molecule has 0 radical (unpaired) electrons. The second-order valence-corrected chi connectivity index (χ2v) is 4.03. The predicted molar refractivity (Wildman–Crippen MR) is 63.7 cm³/mol. The average molecular weight is 253 g/mol. The lowest BCUT2D eigenvalue weighted by Crippen LogP contribution is -2.23. The van der Waals surface area contributed by atoms with Gasteiger partial charge in [0.25, 0.3) is 5.56 Å². The topological polar surface area (TPSA) is 34.9 Å². The molecule has 1 aromatic heterocycles. The van der Waals surface area contributed by atoms with Crippen molar-refractivity contribution in [3.63, 3.8) is 0 Å². The van der Waals surface area contributed by atoms with E-state index < -0.39 is 0 Å². The molecule has 2 rings (SSSR count). The molecular weight excluding hydrogens is 243 g/mol. The van der Waals surface area contributed by atoms with E-state index in [0.717, 1.165) is 0 Å². The van der Waals surface area contributed by atoms with Gasteiger partial charge in [0, 0.05) is 11.6 Å². The van der Waals surface area contributed by atoms with Gasteiger partial charge in [-0.15, -0.1) is 0 Å². The Morgan fingerprint density at radius 1 is 1.41 bits per heavy atom. The van der Waals surface area contributed by atoms with Gasteiger partial charge in [0.15, 0.2) is 0 Å². The standard InChI is InChI=1S/C12H10ClFN2O/c1-8-15-11(13)6-12(17)16(8)7-9-4-2-3-5-10(9)14/h2-6H,7H2,1H3. The van der Waals surface area contributed by atoms with Gasteiger partial charge in [0.1, 0.15) is 16.8 Å². The van der Waals surface area contributed by atoms with Gasteiger partial charge in [0.05, 0.1) is 6.54 Å². The first kappa shape index (κ1) is 11.8. The van der Waals surface area contributed by atoms with E-state index >= 15 is 0 Å². The average Bonchev–Trinajstić information content (AvgIpc) is 2.25. The minimum Gasteiger partial charge on any atom is -0.292 e. The van der Waals surface area contributed by atoms with Crippen LogP contribution in [0.15, 0.2) is 35.1 Å². The highest BCUT2D eigenvalue weighted by molar-refractivity contribution is 6.29. The second kappa shape index (κ2) is 4.67. The van der Waals surface area contributed by atoms with Crippen molar-refractivity contribution < 1.29 is 4.39 Å². The maximum absolute atomic E-state index is 13.5. The molecule has 0 aliphatic carbocycles. The number of hydrogen-bond acceptors (Lipinski definition) is 2. The van der Waals surface area contributed by atoms with Gasteiger partial charge in [0.2, 0.25) is 0 Å². The molecule has 1 heterocycles. The Hall–Kier alpha value is -1.68. The fraction of sp³-hybridized carbons (Fsp3) is 0.167. The fourth-order valence-electron chi connectivity index (χ4n) is 1.58. The van der Waals surface area contributed by atoms with Crippen LogP contribution in [0.3, 0.4) is 0 Å². The molecule has 0 atom stereocenters. The molecule has 3 nitrogen and oxygen atoms in total.